The summed E-state index contributed by atoms with van der Waals surface area (Å²) in [4.78, 5) is 35.7. The number of hydrogen-bond donors (Lipinski definition) is 8. The number of rotatable bonds is 36. The first-order valence-corrected chi connectivity index (χ1v) is 24.5. The molecule has 1 rings (SSSR count). The molecule has 0 saturated heterocycles. The monoisotopic (exact) mass is 915 g/mol. The molecule has 3 unspecified atom stereocenters. The van der Waals surface area contributed by atoms with E-state index in [1.54, 1.807) is 24.3 Å². The first-order valence-electron chi connectivity index (χ1n) is 23.0. The molecule has 0 radical (unpaired) electrons. The molecule has 1 fully saturated rings. The van der Waals surface area contributed by atoms with Gasteiger partial charge in [-0.25, -0.2) is 4.57 Å². The highest BCUT2D eigenvalue weighted by atomic mass is 31.2. The summed E-state index contributed by atoms with van der Waals surface area (Å²) in [5.41, 5.74) is 0. The van der Waals surface area contributed by atoms with Crippen LogP contribution in [0, 0.1) is 0 Å². The van der Waals surface area contributed by atoms with Crippen LogP contribution in [0.2, 0.25) is 0 Å². The van der Waals surface area contributed by atoms with E-state index in [0.29, 0.717) is 12.8 Å². The number of carbonyl (C=O) groups excluding carboxylic acids is 2. The van der Waals surface area contributed by atoms with Crippen LogP contribution in [0.3, 0.4) is 0 Å². The van der Waals surface area contributed by atoms with Gasteiger partial charge in [0, 0.05) is 12.8 Å². The smallest absolute Gasteiger partial charge is 0.462 e. The van der Waals surface area contributed by atoms with Crippen molar-refractivity contribution in [1.82, 2.24) is 0 Å². The summed E-state index contributed by atoms with van der Waals surface area (Å²) in [6.07, 6.45) is 24.4. The number of hydrogen-bond acceptors (Lipinski definition) is 14. The molecular formula is C47H79O15P. The molecule has 0 aromatic rings. The second kappa shape index (κ2) is 36.4. The Labute approximate surface area is 375 Å². The van der Waals surface area contributed by atoms with Gasteiger partial charge in [0.15, 0.2) is 6.10 Å². The second-order valence-corrected chi connectivity index (χ2v) is 17.4. The zero-order valence-corrected chi connectivity index (χ0v) is 38.5. The van der Waals surface area contributed by atoms with E-state index in [9.17, 15) is 54.8 Å². The number of carbonyl (C=O) groups is 2. The topological polar surface area (TPSA) is 250 Å². The van der Waals surface area contributed by atoms with Gasteiger partial charge in [0.25, 0.3) is 0 Å². The Morgan fingerprint density at radius 3 is 1.67 bits per heavy atom. The summed E-state index contributed by atoms with van der Waals surface area (Å²) in [6, 6.07) is 0. The fraction of sp³-hybridized carbons (Fsp3) is 0.702. The minimum atomic E-state index is -5.19. The van der Waals surface area contributed by atoms with Gasteiger partial charge in [-0.05, 0) is 64.2 Å². The number of ether oxygens (including phenoxy) is 2. The summed E-state index contributed by atoms with van der Waals surface area (Å²) >= 11 is 0. The normalized spacial score (nSPS) is 23.4. The van der Waals surface area contributed by atoms with Crippen LogP contribution >= 0.6 is 7.82 Å². The van der Waals surface area contributed by atoms with E-state index < -0.39 is 87.9 Å². The Balaban J connectivity index is 2.60. The zero-order valence-electron chi connectivity index (χ0n) is 37.6. The lowest BCUT2D eigenvalue weighted by atomic mass is 9.85. The maximum atomic E-state index is 12.8. The molecule has 0 bridgehead atoms. The van der Waals surface area contributed by atoms with Gasteiger partial charge in [-0.3, -0.25) is 18.6 Å². The van der Waals surface area contributed by atoms with Crippen molar-refractivity contribution < 1.29 is 73.3 Å². The van der Waals surface area contributed by atoms with Crippen LogP contribution in [0.4, 0.5) is 0 Å². The van der Waals surface area contributed by atoms with Crippen molar-refractivity contribution in [3.8, 4) is 0 Å². The molecular weight excluding hydrogens is 835 g/mol. The average molecular weight is 915 g/mol. The number of unbranched alkanes of at least 4 members (excludes halogenated alkanes) is 10. The molecule has 15 nitrogen and oxygen atoms in total. The largest absolute Gasteiger partial charge is 0.472 e. The van der Waals surface area contributed by atoms with Gasteiger partial charge < -0.3 is 50.1 Å². The number of allylic oxidation sites excluding steroid dienone is 10. The molecule has 0 aliphatic heterocycles. The summed E-state index contributed by atoms with van der Waals surface area (Å²) < 4.78 is 33.3. The lowest BCUT2D eigenvalue weighted by Gasteiger charge is -2.41. The molecule has 63 heavy (non-hydrogen) atoms. The van der Waals surface area contributed by atoms with Gasteiger partial charge in [-0.15, -0.1) is 0 Å². The first-order chi connectivity index (χ1) is 30.2. The van der Waals surface area contributed by atoms with Crippen LogP contribution in [0.5, 0.6) is 0 Å². The minimum Gasteiger partial charge on any atom is -0.462 e. The van der Waals surface area contributed by atoms with Crippen molar-refractivity contribution >= 4 is 19.8 Å². The number of aliphatic hydroxyl groups excluding tert-OH is 7. The van der Waals surface area contributed by atoms with Crippen LogP contribution in [0.15, 0.2) is 72.9 Å². The van der Waals surface area contributed by atoms with E-state index in [-0.39, 0.29) is 25.7 Å². The lowest BCUT2D eigenvalue weighted by molar-refractivity contribution is -0.220. The van der Waals surface area contributed by atoms with E-state index in [1.165, 1.54) is 19.3 Å². The molecule has 0 amide bonds. The standard InChI is InChI=1S/C47H79O15P/c1-3-5-7-8-9-10-11-12-13-14-15-16-20-23-27-33-40(50)59-35-39(36-60-63(57,58)62-47-45(55)43(53)42(52)44(54)46(47)56)61-41(51)34-28-32-38(49)31-26-22-19-17-18-21-25-30-37(48)29-24-6-4-2/h9-10,12-13,18-19,21-22,25-26,30-31,37-39,42-49,52-56H,3-8,11,14-17,20,23-24,27-29,32-36H2,1-2H3,(H,57,58)/b10-9-,13-12-,21-18-,22-19-,30-25+,31-26+/t37-,38-,39-,42?,43-,44+,45-,46-,47?/m1/s1. The van der Waals surface area contributed by atoms with Crippen LogP contribution in [-0.2, 0) is 32.7 Å². The number of esters is 2. The zero-order chi connectivity index (χ0) is 46.7. The van der Waals surface area contributed by atoms with Crippen molar-refractivity contribution in [1.29, 1.82) is 0 Å². The highest BCUT2D eigenvalue weighted by molar-refractivity contribution is 7.47. The van der Waals surface area contributed by atoms with Gasteiger partial charge >= 0.3 is 19.8 Å². The summed E-state index contributed by atoms with van der Waals surface area (Å²) in [7, 11) is -5.19. The third-order valence-electron chi connectivity index (χ3n) is 10.2. The third-order valence-corrected chi connectivity index (χ3v) is 11.2. The Morgan fingerprint density at radius 2 is 1.06 bits per heavy atom. The summed E-state index contributed by atoms with van der Waals surface area (Å²) in [6.45, 7) is 2.95. The quantitative estimate of drug-likeness (QED) is 0.0108. The maximum absolute atomic E-state index is 12.8. The summed E-state index contributed by atoms with van der Waals surface area (Å²) in [5.74, 6) is -1.35. The molecule has 16 heteroatoms. The molecule has 362 valence electrons. The van der Waals surface area contributed by atoms with Crippen molar-refractivity contribution in [3.63, 3.8) is 0 Å². The SMILES string of the molecule is CCCCC/C=C\C/C=C\CCCCCCCC(=O)OC[C@H](COP(=O)(O)OC1[C@H](O)[C@H](O)C(O)[C@H](O)[C@H]1O)OC(=O)CCC[C@H](O)/C=C/C=C\C/C=C\C=C\[C@H](O)CCCCC. The van der Waals surface area contributed by atoms with Crippen LogP contribution < -0.4 is 0 Å². The third kappa shape index (κ3) is 29.4. The second-order valence-electron chi connectivity index (χ2n) is 15.9. The van der Waals surface area contributed by atoms with E-state index in [1.807, 2.05) is 24.3 Å². The molecule has 0 aromatic heterocycles. The van der Waals surface area contributed by atoms with Gasteiger partial charge in [0.1, 0.15) is 43.2 Å². The number of phosphoric acid groups is 1. The van der Waals surface area contributed by atoms with Crippen molar-refractivity contribution in [2.24, 2.45) is 0 Å². The molecule has 0 aromatic carbocycles. The minimum absolute atomic E-state index is 0.0977. The van der Waals surface area contributed by atoms with Gasteiger partial charge in [0.2, 0.25) is 0 Å². The first kappa shape index (κ1) is 58.2. The van der Waals surface area contributed by atoms with Gasteiger partial charge in [0.05, 0.1) is 18.8 Å². The molecule has 10 atom stereocenters. The number of aliphatic hydroxyl groups is 7. The molecule has 1 aliphatic rings. The average Bonchev–Trinajstić information content (AvgIpc) is 3.25. The Morgan fingerprint density at radius 1 is 0.571 bits per heavy atom. The predicted molar refractivity (Wildman–Crippen MR) is 242 cm³/mol. The van der Waals surface area contributed by atoms with E-state index >= 15 is 0 Å². The highest BCUT2D eigenvalue weighted by Gasteiger charge is 2.51. The van der Waals surface area contributed by atoms with Crippen molar-refractivity contribution in [2.75, 3.05) is 13.2 Å². The molecule has 0 spiro atoms. The number of phosphoric ester groups is 1. The Kier molecular flexibility index (Phi) is 33.7. The van der Waals surface area contributed by atoms with Crippen LogP contribution in [0.25, 0.3) is 0 Å². The fourth-order valence-corrected chi connectivity index (χ4v) is 7.38. The van der Waals surface area contributed by atoms with Crippen molar-refractivity contribution in [3.05, 3.63) is 72.9 Å². The lowest BCUT2D eigenvalue weighted by Crippen LogP contribution is -2.64. The highest BCUT2D eigenvalue weighted by Crippen LogP contribution is 2.47. The Hall–Kier alpha value is -2.79. The van der Waals surface area contributed by atoms with E-state index in [0.717, 1.165) is 70.6 Å². The molecule has 8 N–H and O–H groups in total. The maximum Gasteiger partial charge on any atom is 0.472 e. The summed E-state index contributed by atoms with van der Waals surface area (Å²) in [5, 5.41) is 70.4. The fourth-order valence-electron chi connectivity index (χ4n) is 6.41. The molecule has 1 aliphatic carbocycles. The predicted octanol–water partition coefficient (Wildman–Crippen LogP) is 6.66. The molecule has 1 saturated carbocycles. The Bertz CT molecular complexity index is 1410. The van der Waals surface area contributed by atoms with Crippen molar-refractivity contribution in [2.45, 2.75) is 197 Å². The van der Waals surface area contributed by atoms with Crippen LogP contribution in [0.1, 0.15) is 142 Å². The van der Waals surface area contributed by atoms with E-state index in [2.05, 4.69) is 38.2 Å². The van der Waals surface area contributed by atoms with E-state index in [4.69, 9.17) is 18.5 Å². The van der Waals surface area contributed by atoms with Gasteiger partial charge in [-0.1, -0.05) is 138 Å². The van der Waals surface area contributed by atoms with Crippen LogP contribution in [-0.4, -0.2) is 121 Å². The molecule has 0 heterocycles. The van der Waals surface area contributed by atoms with Gasteiger partial charge in [-0.2, -0.15) is 0 Å².